The fourth-order valence-electron chi connectivity index (χ4n) is 6.19. The summed E-state index contributed by atoms with van der Waals surface area (Å²) in [6.07, 6.45) is 4.13. The van der Waals surface area contributed by atoms with Crippen LogP contribution in [0.4, 0.5) is 0 Å². The summed E-state index contributed by atoms with van der Waals surface area (Å²) in [5.41, 5.74) is -0.326. The molecule has 3 heteroatoms. The van der Waals surface area contributed by atoms with Crippen LogP contribution in [0.5, 0.6) is 0 Å². The highest BCUT2D eigenvalue weighted by atomic mass is 32.2. The zero-order chi connectivity index (χ0) is 17.0. The van der Waals surface area contributed by atoms with E-state index in [4.69, 9.17) is 0 Å². The molecule has 23 heavy (non-hydrogen) atoms. The minimum atomic E-state index is -0.578. The molecule has 0 saturated heterocycles. The lowest BCUT2D eigenvalue weighted by molar-refractivity contribution is 0.0154. The Morgan fingerprint density at radius 2 is 1.00 bits per heavy atom. The van der Waals surface area contributed by atoms with E-state index >= 15 is 0 Å². The molecule has 0 unspecified atom stereocenters. The van der Waals surface area contributed by atoms with Crippen LogP contribution < -0.4 is 0 Å². The molecule has 0 heterocycles. The van der Waals surface area contributed by atoms with Gasteiger partial charge < -0.3 is 10.2 Å². The maximum Gasteiger partial charge on any atom is 0.0741 e. The molecule has 0 bridgehead atoms. The average molecular weight is 339 g/mol. The Kier molecular flexibility index (Phi) is 3.28. The first kappa shape index (κ1) is 16.7. The van der Waals surface area contributed by atoms with Crippen molar-refractivity contribution in [3.05, 3.63) is 0 Å². The molecule has 0 aromatic rings. The summed E-state index contributed by atoms with van der Waals surface area (Å²) in [6, 6.07) is 0. The molecule has 4 aliphatic rings. The third-order valence-electron chi connectivity index (χ3n) is 8.49. The molecule has 0 spiro atoms. The van der Waals surface area contributed by atoms with Gasteiger partial charge in [0.05, 0.1) is 11.2 Å². The fraction of sp³-hybridized carbons (Fsp3) is 1.00. The summed E-state index contributed by atoms with van der Waals surface area (Å²) in [5.74, 6) is 2.96. The van der Waals surface area contributed by atoms with Crippen molar-refractivity contribution in [2.45, 2.75) is 88.9 Å². The zero-order valence-electron chi connectivity index (χ0n) is 15.6. The lowest BCUT2D eigenvalue weighted by atomic mass is 9.85. The van der Waals surface area contributed by atoms with Gasteiger partial charge in [0.25, 0.3) is 0 Å². The van der Waals surface area contributed by atoms with Crippen molar-refractivity contribution in [2.24, 2.45) is 34.5 Å². The van der Waals surface area contributed by atoms with E-state index in [2.05, 4.69) is 27.7 Å². The van der Waals surface area contributed by atoms with E-state index in [1.165, 1.54) is 0 Å². The Labute approximate surface area is 145 Å². The molecule has 4 rings (SSSR count). The van der Waals surface area contributed by atoms with Gasteiger partial charge in [-0.3, -0.25) is 0 Å². The molecular formula is C20H34O2S. The molecule has 8 atom stereocenters. The fourth-order valence-corrected chi connectivity index (χ4v) is 8.00. The SMILES string of the molecule is CC1(C)[C@@H]2C[C@H](S[C@H]3C[C@@H]4[C@H](C[C@]3(C)O)C4(C)C)[C@@](C)(O)C[C@@H]21. The first-order chi connectivity index (χ1) is 10.4. The second kappa shape index (κ2) is 4.51. The minimum absolute atomic E-state index is 0.278. The van der Waals surface area contributed by atoms with E-state index in [-0.39, 0.29) is 10.5 Å². The minimum Gasteiger partial charge on any atom is -0.389 e. The van der Waals surface area contributed by atoms with Crippen LogP contribution in [0.2, 0.25) is 0 Å². The molecule has 4 fully saturated rings. The Balaban J connectivity index is 1.49. The van der Waals surface area contributed by atoms with Gasteiger partial charge in [-0.05, 0) is 74.0 Å². The first-order valence-electron chi connectivity index (χ1n) is 9.47. The lowest BCUT2D eigenvalue weighted by Crippen LogP contribution is -2.47. The Morgan fingerprint density at radius 1 is 0.652 bits per heavy atom. The van der Waals surface area contributed by atoms with Gasteiger partial charge in [-0.2, -0.15) is 0 Å². The predicted molar refractivity (Wildman–Crippen MR) is 96.4 cm³/mol. The molecule has 4 saturated carbocycles. The molecular weight excluding hydrogens is 304 g/mol. The topological polar surface area (TPSA) is 40.5 Å². The third-order valence-corrected chi connectivity index (χ3v) is 10.6. The second-order valence-corrected chi connectivity index (χ2v) is 12.2. The number of thioether (sulfide) groups is 1. The monoisotopic (exact) mass is 338 g/mol. The van der Waals surface area contributed by atoms with Crippen molar-refractivity contribution in [3.8, 4) is 0 Å². The third kappa shape index (κ3) is 2.36. The van der Waals surface area contributed by atoms with Crippen molar-refractivity contribution < 1.29 is 10.2 Å². The standard InChI is InChI=1S/C20H34O2S/c1-17(2)11-7-15(19(5,21)9-13(11)17)23-16-8-12-14(18(12,3)4)10-20(16,6)22/h11-16,21-22H,7-10H2,1-6H3/t11-,12-,13+,14+,15+,16+,19+,20+/m1/s1. The van der Waals surface area contributed by atoms with Crippen LogP contribution in [0.25, 0.3) is 0 Å². The largest absolute Gasteiger partial charge is 0.389 e. The highest BCUT2D eigenvalue weighted by Gasteiger charge is 2.66. The molecule has 0 amide bonds. The van der Waals surface area contributed by atoms with Crippen molar-refractivity contribution in [1.29, 1.82) is 0 Å². The Bertz CT molecular complexity index is 476. The quantitative estimate of drug-likeness (QED) is 0.797. The summed E-state index contributed by atoms with van der Waals surface area (Å²) >= 11 is 1.92. The molecule has 2 nitrogen and oxygen atoms in total. The van der Waals surface area contributed by atoms with Crippen molar-refractivity contribution in [1.82, 2.24) is 0 Å². The summed E-state index contributed by atoms with van der Waals surface area (Å²) < 4.78 is 0. The highest BCUT2D eigenvalue weighted by Crippen LogP contribution is 2.70. The van der Waals surface area contributed by atoms with E-state index in [0.29, 0.717) is 22.7 Å². The maximum absolute atomic E-state index is 11.0. The molecule has 0 radical (unpaired) electrons. The van der Waals surface area contributed by atoms with Gasteiger partial charge in [-0.25, -0.2) is 0 Å². The molecule has 2 N–H and O–H groups in total. The molecule has 0 aliphatic heterocycles. The van der Waals surface area contributed by atoms with Gasteiger partial charge in [0.15, 0.2) is 0 Å². The van der Waals surface area contributed by atoms with Crippen molar-refractivity contribution in [2.75, 3.05) is 0 Å². The van der Waals surface area contributed by atoms with Crippen LogP contribution in [-0.4, -0.2) is 31.9 Å². The number of aliphatic hydroxyl groups is 2. The van der Waals surface area contributed by atoms with Crippen LogP contribution in [-0.2, 0) is 0 Å². The smallest absolute Gasteiger partial charge is 0.0741 e. The maximum atomic E-state index is 11.0. The van der Waals surface area contributed by atoms with Gasteiger partial charge >= 0.3 is 0 Å². The number of fused-ring (bicyclic) bond motifs is 2. The molecule has 0 aromatic carbocycles. The summed E-state index contributed by atoms with van der Waals surface area (Å²) in [5, 5.41) is 22.6. The summed E-state index contributed by atoms with van der Waals surface area (Å²) in [7, 11) is 0. The molecule has 4 aliphatic carbocycles. The average Bonchev–Trinajstić information content (AvgIpc) is 3.10. The zero-order valence-corrected chi connectivity index (χ0v) is 16.4. The van der Waals surface area contributed by atoms with E-state index in [0.717, 1.165) is 37.5 Å². The van der Waals surface area contributed by atoms with Gasteiger partial charge in [0.2, 0.25) is 0 Å². The second-order valence-electron chi connectivity index (χ2n) is 10.8. The number of hydrogen-bond acceptors (Lipinski definition) is 3. The van der Waals surface area contributed by atoms with Crippen LogP contribution in [0.3, 0.4) is 0 Å². The van der Waals surface area contributed by atoms with E-state index in [1.54, 1.807) is 0 Å². The number of rotatable bonds is 2. The Hall–Kier alpha value is 0.270. The Morgan fingerprint density at radius 3 is 1.35 bits per heavy atom. The summed E-state index contributed by atoms with van der Waals surface area (Å²) in [4.78, 5) is 0. The first-order valence-corrected chi connectivity index (χ1v) is 10.4. The van der Waals surface area contributed by atoms with Crippen LogP contribution in [0, 0.1) is 34.5 Å². The summed E-state index contributed by atoms with van der Waals surface area (Å²) in [6.45, 7) is 13.5. The highest BCUT2D eigenvalue weighted by molar-refractivity contribution is 8.00. The van der Waals surface area contributed by atoms with Gasteiger partial charge in [0.1, 0.15) is 0 Å². The van der Waals surface area contributed by atoms with E-state index < -0.39 is 11.2 Å². The van der Waals surface area contributed by atoms with E-state index in [1.807, 2.05) is 25.6 Å². The number of hydrogen-bond donors (Lipinski definition) is 2. The van der Waals surface area contributed by atoms with Crippen molar-refractivity contribution >= 4 is 11.8 Å². The van der Waals surface area contributed by atoms with E-state index in [9.17, 15) is 10.2 Å². The van der Waals surface area contributed by atoms with Crippen LogP contribution >= 0.6 is 11.8 Å². The predicted octanol–water partition coefficient (Wildman–Crippen LogP) is 4.09. The lowest BCUT2D eigenvalue weighted by Gasteiger charge is -2.43. The van der Waals surface area contributed by atoms with Gasteiger partial charge in [-0.15, -0.1) is 11.8 Å². The molecule has 132 valence electrons. The normalized spacial score (nSPS) is 59.0. The van der Waals surface area contributed by atoms with Crippen LogP contribution in [0.15, 0.2) is 0 Å². The van der Waals surface area contributed by atoms with Gasteiger partial charge in [0, 0.05) is 10.5 Å². The molecule has 0 aromatic heterocycles. The van der Waals surface area contributed by atoms with Gasteiger partial charge in [-0.1, -0.05) is 27.7 Å². The van der Waals surface area contributed by atoms with Crippen LogP contribution in [0.1, 0.15) is 67.2 Å². The van der Waals surface area contributed by atoms with Crippen molar-refractivity contribution in [3.63, 3.8) is 0 Å².